The molecule has 0 aliphatic carbocycles. The number of anilines is 2. The lowest BCUT2D eigenvalue weighted by Crippen LogP contribution is -2.27. The first-order valence-electron chi connectivity index (χ1n) is 7.02. The van der Waals surface area contributed by atoms with Crippen LogP contribution in [0.4, 0.5) is 15.8 Å². The maximum atomic E-state index is 13.9. The molecule has 0 bridgehead atoms. The van der Waals surface area contributed by atoms with Crippen molar-refractivity contribution in [1.82, 2.24) is 0 Å². The first kappa shape index (κ1) is 15.9. The van der Waals surface area contributed by atoms with Gasteiger partial charge in [-0.2, -0.15) is 0 Å². The van der Waals surface area contributed by atoms with Crippen LogP contribution in [0, 0.1) is 5.82 Å². The van der Waals surface area contributed by atoms with E-state index in [1.165, 1.54) is 6.07 Å². The van der Waals surface area contributed by atoms with E-state index in [2.05, 4.69) is 0 Å². The van der Waals surface area contributed by atoms with Crippen LogP contribution in [0.1, 0.15) is 13.8 Å². The van der Waals surface area contributed by atoms with Gasteiger partial charge in [-0.15, -0.1) is 0 Å². The molecule has 1 aromatic carbocycles. The van der Waals surface area contributed by atoms with Crippen LogP contribution in [0.3, 0.4) is 0 Å². The van der Waals surface area contributed by atoms with Crippen molar-refractivity contribution in [1.29, 1.82) is 0 Å². The summed E-state index contributed by atoms with van der Waals surface area (Å²) in [7, 11) is 3.31. The SMILES string of the molecule is COC1CN(c2cc(OC(C)C)c(F)cc2N)CC1OC. The molecule has 1 aliphatic rings. The van der Waals surface area contributed by atoms with Crippen LogP contribution in [-0.4, -0.2) is 45.6 Å². The van der Waals surface area contributed by atoms with Gasteiger partial charge in [-0.05, 0) is 13.8 Å². The second kappa shape index (κ2) is 6.49. The number of nitrogens with two attached hydrogens (primary N) is 1. The zero-order valence-corrected chi connectivity index (χ0v) is 12.9. The van der Waals surface area contributed by atoms with E-state index in [1.807, 2.05) is 18.7 Å². The highest BCUT2D eigenvalue weighted by molar-refractivity contribution is 5.70. The fourth-order valence-corrected chi connectivity index (χ4v) is 2.57. The summed E-state index contributed by atoms with van der Waals surface area (Å²) >= 11 is 0. The zero-order valence-electron chi connectivity index (χ0n) is 12.9. The Morgan fingerprint density at radius 3 is 2.24 bits per heavy atom. The van der Waals surface area contributed by atoms with Gasteiger partial charge in [0.2, 0.25) is 0 Å². The van der Waals surface area contributed by atoms with Gasteiger partial charge in [0, 0.05) is 39.4 Å². The third kappa shape index (κ3) is 3.39. The van der Waals surface area contributed by atoms with Crippen molar-refractivity contribution in [2.75, 3.05) is 37.9 Å². The largest absolute Gasteiger partial charge is 0.488 e. The fourth-order valence-electron chi connectivity index (χ4n) is 2.57. The van der Waals surface area contributed by atoms with Crippen LogP contribution in [0.15, 0.2) is 12.1 Å². The number of ether oxygens (including phenoxy) is 3. The molecular formula is C15H23FN2O3. The highest BCUT2D eigenvalue weighted by Crippen LogP contribution is 2.34. The highest BCUT2D eigenvalue weighted by atomic mass is 19.1. The topological polar surface area (TPSA) is 57.0 Å². The molecule has 2 unspecified atom stereocenters. The molecular weight excluding hydrogens is 275 g/mol. The van der Waals surface area contributed by atoms with E-state index >= 15 is 0 Å². The lowest BCUT2D eigenvalue weighted by Gasteiger charge is -2.22. The van der Waals surface area contributed by atoms with Crippen molar-refractivity contribution < 1.29 is 18.6 Å². The third-order valence-corrected chi connectivity index (χ3v) is 3.61. The van der Waals surface area contributed by atoms with Gasteiger partial charge in [0.15, 0.2) is 11.6 Å². The maximum Gasteiger partial charge on any atom is 0.167 e. The molecule has 1 aromatic rings. The number of halogens is 1. The van der Waals surface area contributed by atoms with E-state index in [4.69, 9.17) is 19.9 Å². The average Bonchev–Trinajstić information content (AvgIpc) is 2.84. The minimum Gasteiger partial charge on any atom is -0.488 e. The predicted octanol–water partition coefficient (Wildman–Crippen LogP) is 2.05. The first-order valence-corrected chi connectivity index (χ1v) is 7.02. The molecule has 0 radical (unpaired) electrons. The quantitative estimate of drug-likeness (QED) is 0.843. The van der Waals surface area contributed by atoms with Gasteiger partial charge < -0.3 is 24.8 Å². The summed E-state index contributed by atoms with van der Waals surface area (Å²) in [6.07, 6.45) is -0.171. The first-order chi connectivity index (χ1) is 9.96. The van der Waals surface area contributed by atoms with E-state index in [9.17, 15) is 4.39 Å². The van der Waals surface area contributed by atoms with Gasteiger partial charge in [-0.1, -0.05) is 0 Å². The summed E-state index contributed by atoms with van der Waals surface area (Å²) in [4.78, 5) is 2.03. The molecule has 1 saturated heterocycles. The van der Waals surface area contributed by atoms with Crippen molar-refractivity contribution in [3.8, 4) is 5.75 Å². The Balaban J connectivity index is 2.27. The minimum atomic E-state index is -0.448. The standard InChI is InChI=1S/C15H23FN2O3/c1-9(2)21-13-6-12(11(17)5-10(13)16)18-7-14(19-3)15(8-18)20-4/h5-6,9,14-15H,7-8,17H2,1-4H3. The Morgan fingerprint density at radius 2 is 1.76 bits per heavy atom. The van der Waals surface area contributed by atoms with Crippen LogP contribution in [0.5, 0.6) is 5.75 Å². The van der Waals surface area contributed by atoms with E-state index in [0.29, 0.717) is 18.8 Å². The smallest absolute Gasteiger partial charge is 0.167 e. The van der Waals surface area contributed by atoms with Crippen molar-refractivity contribution in [3.63, 3.8) is 0 Å². The molecule has 2 N–H and O–H groups in total. The fraction of sp³-hybridized carbons (Fsp3) is 0.600. The molecule has 0 saturated carbocycles. The van der Waals surface area contributed by atoms with Crippen LogP contribution in [0.25, 0.3) is 0 Å². The Kier molecular flexibility index (Phi) is 4.90. The van der Waals surface area contributed by atoms with Gasteiger partial charge in [-0.3, -0.25) is 0 Å². The predicted molar refractivity (Wildman–Crippen MR) is 80.4 cm³/mol. The molecule has 118 valence electrons. The Labute approximate surface area is 124 Å². The van der Waals surface area contributed by atoms with E-state index in [-0.39, 0.29) is 24.1 Å². The Hall–Kier alpha value is -1.53. The molecule has 6 heteroatoms. The molecule has 2 atom stereocenters. The zero-order chi connectivity index (χ0) is 15.6. The Bertz CT molecular complexity index is 484. The van der Waals surface area contributed by atoms with Crippen LogP contribution < -0.4 is 15.4 Å². The van der Waals surface area contributed by atoms with Crippen LogP contribution in [-0.2, 0) is 9.47 Å². The molecule has 1 heterocycles. The normalized spacial score (nSPS) is 22.1. The lowest BCUT2D eigenvalue weighted by atomic mass is 10.2. The lowest BCUT2D eigenvalue weighted by molar-refractivity contribution is -0.00461. The summed E-state index contributed by atoms with van der Waals surface area (Å²) in [5, 5.41) is 0. The van der Waals surface area contributed by atoms with Crippen LogP contribution in [0.2, 0.25) is 0 Å². The number of nitrogens with zero attached hydrogens (tertiary/aromatic N) is 1. The van der Waals surface area contributed by atoms with Gasteiger partial charge >= 0.3 is 0 Å². The second-order valence-electron chi connectivity index (χ2n) is 5.46. The van der Waals surface area contributed by atoms with Gasteiger partial charge in [-0.25, -0.2) is 4.39 Å². The summed E-state index contributed by atoms with van der Waals surface area (Å²) in [6, 6.07) is 2.95. The molecule has 5 nitrogen and oxygen atoms in total. The van der Waals surface area contributed by atoms with Crippen molar-refractivity contribution in [2.24, 2.45) is 0 Å². The number of benzene rings is 1. The van der Waals surface area contributed by atoms with Crippen molar-refractivity contribution in [3.05, 3.63) is 17.9 Å². The Morgan fingerprint density at radius 1 is 1.19 bits per heavy atom. The van der Waals surface area contributed by atoms with E-state index in [1.54, 1.807) is 20.3 Å². The van der Waals surface area contributed by atoms with Crippen LogP contribution >= 0.6 is 0 Å². The van der Waals surface area contributed by atoms with E-state index in [0.717, 1.165) is 5.69 Å². The third-order valence-electron chi connectivity index (χ3n) is 3.61. The van der Waals surface area contributed by atoms with E-state index < -0.39 is 5.82 Å². The maximum absolute atomic E-state index is 13.9. The summed E-state index contributed by atoms with van der Waals surface area (Å²) < 4.78 is 30.2. The number of hydrogen-bond donors (Lipinski definition) is 1. The second-order valence-corrected chi connectivity index (χ2v) is 5.46. The molecule has 2 rings (SSSR count). The van der Waals surface area contributed by atoms with Gasteiger partial charge in [0.05, 0.1) is 17.5 Å². The number of nitrogen functional groups attached to an aromatic ring is 1. The van der Waals surface area contributed by atoms with Crippen molar-refractivity contribution >= 4 is 11.4 Å². The number of hydrogen-bond acceptors (Lipinski definition) is 5. The molecule has 1 fully saturated rings. The summed E-state index contributed by atoms with van der Waals surface area (Å²) in [5.41, 5.74) is 7.08. The molecule has 21 heavy (non-hydrogen) atoms. The van der Waals surface area contributed by atoms with Gasteiger partial charge in [0.1, 0.15) is 12.2 Å². The monoisotopic (exact) mass is 298 g/mol. The number of methoxy groups -OCH3 is 2. The molecule has 0 spiro atoms. The summed E-state index contributed by atoms with van der Waals surface area (Å²) in [6.45, 7) is 5.00. The summed E-state index contributed by atoms with van der Waals surface area (Å²) in [5.74, 6) is -0.236. The average molecular weight is 298 g/mol. The highest BCUT2D eigenvalue weighted by Gasteiger charge is 2.34. The molecule has 0 aromatic heterocycles. The molecule has 0 amide bonds. The number of rotatable bonds is 5. The molecule has 1 aliphatic heterocycles. The van der Waals surface area contributed by atoms with Crippen molar-refractivity contribution in [2.45, 2.75) is 32.2 Å². The minimum absolute atomic E-state index is 0.0334. The van der Waals surface area contributed by atoms with Gasteiger partial charge in [0.25, 0.3) is 0 Å².